The molecule has 0 bridgehead atoms. The van der Waals surface area contributed by atoms with Gasteiger partial charge in [-0.2, -0.15) is 10.2 Å². The number of likely N-dealkylation sites (tertiary alicyclic amines) is 1. The van der Waals surface area contributed by atoms with Crippen molar-refractivity contribution in [3.63, 3.8) is 0 Å². The number of benzene rings is 1. The van der Waals surface area contributed by atoms with Crippen LogP contribution in [0.25, 0.3) is 0 Å². The Bertz CT molecular complexity index is 975. The van der Waals surface area contributed by atoms with Crippen molar-refractivity contribution in [1.29, 1.82) is 0 Å². The molecule has 1 aliphatic heterocycles. The van der Waals surface area contributed by atoms with E-state index in [1.54, 1.807) is 24.3 Å². The molecule has 1 saturated heterocycles. The molecule has 0 spiro atoms. The van der Waals surface area contributed by atoms with Crippen molar-refractivity contribution in [1.82, 2.24) is 29.4 Å². The van der Waals surface area contributed by atoms with Crippen LogP contribution in [-0.2, 0) is 17.9 Å². The van der Waals surface area contributed by atoms with Gasteiger partial charge in [-0.3, -0.25) is 9.69 Å². The highest BCUT2D eigenvalue weighted by Crippen LogP contribution is 2.27. The molecule has 2 aromatic heterocycles. The number of methoxy groups -OCH3 is 1. The van der Waals surface area contributed by atoms with Gasteiger partial charge in [-0.15, -0.1) is 0 Å². The van der Waals surface area contributed by atoms with Crippen LogP contribution in [0.2, 0.25) is 0 Å². The van der Waals surface area contributed by atoms with Crippen molar-refractivity contribution >= 4 is 11.7 Å². The minimum absolute atomic E-state index is 0.0737. The van der Waals surface area contributed by atoms with Gasteiger partial charge in [0.2, 0.25) is 5.91 Å². The first-order valence-corrected chi connectivity index (χ1v) is 10.1. The monoisotopic (exact) mass is 409 g/mol. The van der Waals surface area contributed by atoms with Crippen molar-refractivity contribution < 1.29 is 9.53 Å². The van der Waals surface area contributed by atoms with Gasteiger partial charge in [-0.1, -0.05) is 6.07 Å². The van der Waals surface area contributed by atoms with E-state index in [-0.39, 0.29) is 5.91 Å². The van der Waals surface area contributed by atoms with Crippen molar-refractivity contribution in [2.75, 3.05) is 25.5 Å². The first-order chi connectivity index (χ1) is 14.6. The van der Waals surface area contributed by atoms with E-state index in [1.165, 1.54) is 18.8 Å². The number of anilines is 1. The van der Waals surface area contributed by atoms with Crippen molar-refractivity contribution in [2.45, 2.75) is 38.9 Å². The normalized spacial score (nSPS) is 15.3. The molecule has 1 N–H and O–H groups in total. The third-order valence-corrected chi connectivity index (χ3v) is 5.43. The van der Waals surface area contributed by atoms with Gasteiger partial charge in [-0.05, 0) is 30.5 Å². The van der Waals surface area contributed by atoms with E-state index in [1.807, 2.05) is 16.8 Å². The third-order valence-electron chi connectivity index (χ3n) is 5.43. The van der Waals surface area contributed by atoms with E-state index in [4.69, 9.17) is 4.74 Å². The topological polar surface area (TPSA) is 90.1 Å². The van der Waals surface area contributed by atoms with Crippen LogP contribution >= 0.6 is 0 Å². The van der Waals surface area contributed by atoms with Gasteiger partial charge in [0.1, 0.15) is 24.2 Å². The second-order valence-electron chi connectivity index (χ2n) is 7.59. The van der Waals surface area contributed by atoms with Gasteiger partial charge in [0, 0.05) is 38.2 Å². The summed E-state index contributed by atoms with van der Waals surface area (Å²) in [4.78, 5) is 17.9. The molecule has 3 heterocycles. The van der Waals surface area contributed by atoms with Gasteiger partial charge >= 0.3 is 0 Å². The molecular weight excluding hydrogens is 382 g/mol. The predicted molar refractivity (Wildman–Crippen MR) is 112 cm³/mol. The van der Waals surface area contributed by atoms with Crippen LogP contribution in [0.5, 0.6) is 5.75 Å². The van der Waals surface area contributed by atoms with Crippen LogP contribution < -0.4 is 10.1 Å². The summed E-state index contributed by atoms with van der Waals surface area (Å²) < 4.78 is 9.26. The molecule has 1 aliphatic rings. The maximum atomic E-state index is 11.4. The fraction of sp³-hybridized carbons (Fsp3) is 0.429. The molecule has 4 rings (SSSR count). The zero-order valence-corrected chi connectivity index (χ0v) is 17.4. The quantitative estimate of drug-likeness (QED) is 0.644. The average molecular weight is 409 g/mol. The zero-order valence-electron chi connectivity index (χ0n) is 17.4. The van der Waals surface area contributed by atoms with E-state index < -0.39 is 0 Å². The van der Waals surface area contributed by atoms with Gasteiger partial charge in [0.25, 0.3) is 0 Å². The second-order valence-corrected chi connectivity index (χ2v) is 7.59. The molecule has 1 amide bonds. The molecule has 0 saturated carbocycles. The lowest BCUT2D eigenvalue weighted by molar-refractivity contribution is -0.114. The molecular formula is C21H27N7O2. The number of nitrogens with one attached hydrogen (secondary N) is 1. The molecule has 0 radical (unpaired) electrons. The predicted octanol–water partition coefficient (Wildman–Crippen LogP) is 2.33. The molecule has 9 nitrogen and oxygen atoms in total. The SMILES string of the molecule is COc1ccc(CN2CCC(n3nccc3NC(C)=O)CC2)cc1Cn1cncn1. The molecule has 158 valence electrons. The number of ether oxygens (including phenoxy) is 1. The first-order valence-electron chi connectivity index (χ1n) is 10.1. The largest absolute Gasteiger partial charge is 0.496 e. The van der Waals surface area contributed by atoms with E-state index in [9.17, 15) is 4.79 Å². The Hall–Kier alpha value is -3.20. The van der Waals surface area contributed by atoms with E-state index in [0.717, 1.165) is 49.6 Å². The number of nitrogens with zero attached hydrogens (tertiary/aromatic N) is 6. The van der Waals surface area contributed by atoms with Crippen LogP contribution in [0.15, 0.2) is 43.1 Å². The summed E-state index contributed by atoms with van der Waals surface area (Å²) in [6.07, 6.45) is 6.98. The summed E-state index contributed by atoms with van der Waals surface area (Å²) in [5.41, 5.74) is 2.34. The Morgan fingerprint density at radius 2 is 2.03 bits per heavy atom. The van der Waals surface area contributed by atoms with Crippen molar-refractivity contribution in [3.8, 4) is 5.75 Å². The lowest BCUT2D eigenvalue weighted by Crippen LogP contribution is -2.35. The fourth-order valence-electron chi connectivity index (χ4n) is 4.01. The highest BCUT2D eigenvalue weighted by atomic mass is 16.5. The second kappa shape index (κ2) is 9.08. The number of amides is 1. The van der Waals surface area contributed by atoms with Crippen molar-refractivity contribution in [2.24, 2.45) is 0 Å². The lowest BCUT2D eigenvalue weighted by atomic mass is 10.0. The highest BCUT2D eigenvalue weighted by molar-refractivity contribution is 5.87. The Morgan fingerprint density at radius 3 is 2.73 bits per heavy atom. The Morgan fingerprint density at radius 1 is 1.20 bits per heavy atom. The van der Waals surface area contributed by atoms with Crippen LogP contribution in [0.1, 0.15) is 36.9 Å². The molecule has 1 fully saturated rings. The lowest BCUT2D eigenvalue weighted by Gasteiger charge is -2.32. The minimum atomic E-state index is -0.0737. The Balaban J connectivity index is 1.38. The molecule has 0 unspecified atom stereocenters. The van der Waals surface area contributed by atoms with Crippen LogP contribution in [0.3, 0.4) is 0 Å². The van der Waals surface area contributed by atoms with Gasteiger partial charge in [0.05, 0.1) is 25.9 Å². The molecule has 9 heteroatoms. The maximum Gasteiger partial charge on any atom is 0.222 e. The summed E-state index contributed by atoms with van der Waals surface area (Å²) in [7, 11) is 1.69. The number of hydrogen-bond donors (Lipinski definition) is 1. The van der Waals surface area contributed by atoms with Crippen LogP contribution in [0, 0.1) is 0 Å². The fourth-order valence-corrected chi connectivity index (χ4v) is 4.01. The van der Waals surface area contributed by atoms with Crippen LogP contribution in [-0.4, -0.2) is 55.6 Å². The third kappa shape index (κ3) is 4.68. The zero-order chi connectivity index (χ0) is 20.9. The number of carbonyl (C=O) groups is 1. The number of aromatic nitrogens is 5. The average Bonchev–Trinajstić information content (AvgIpc) is 3.41. The number of piperidine rings is 1. The summed E-state index contributed by atoms with van der Waals surface area (Å²) >= 11 is 0. The number of carbonyl (C=O) groups excluding carboxylic acids is 1. The molecule has 0 aliphatic carbocycles. The minimum Gasteiger partial charge on any atom is -0.496 e. The summed E-state index contributed by atoms with van der Waals surface area (Å²) in [6.45, 7) is 5.00. The Labute approximate surface area is 175 Å². The summed E-state index contributed by atoms with van der Waals surface area (Å²) in [5.74, 6) is 1.56. The number of hydrogen-bond acceptors (Lipinski definition) is 6. The van der Waals surface area contributed by atoms with Gasteiger partial charge < -0.3 is 10.1 Å². The molecule has 0 atom stereocenters. The van der Waals surface area contributed by atoms with Crippen LogP contribution in [0.4, 0.5) is 5.82 Å². The molecule has 1 aromatic carbocycles. The van der Waals surface area contributed by atoms with Gasteiger partial charge in [0.15, 0.2) is 0 Å². The highest BCUT2D eigenvalue weighted by Gasteiger charge is 2.23. The van der Waals surface area contributed by atoms with E-state index in [0.29, 0.717) is 12.6 Å². The smallest absolute Gasteiger partial charge is 0.222 e. The Kier molecular flexibility index (Phi) is 6.08. The van der Waals surface area contributed by atoms with Crippen molar-refractivity contribution in [3.05, 3.63) is 54.2 Å². The van der Waals surface area contributed by atoms with Gasteiger partial charge in [-0.25, -0.2) is 14.3 Å². The van der Waals surface area contributed by atoms with E-state index in [2.05, 4.69) is 37.5 Å². The van der Waals surface area contributed by atoms with E-state index >= 15 is 0 Å². The maximum absolute atomic E-state index is 11.4. The summed E-state index contributed by atoms with van der Waals surface area (Å²) in [6, 6.07) is 8.49. The first kappa shape index (κ1) is 20.1. The standard InChI is InChI=1S/C21H27N7O2/c1-16(29)25-21-5-8-23-28(21)19-6-9-26(10-7-19)12-17-3-4-20(30-2)18(11-17)13-27-15-22-14-24-27/h3-5,8,11,14-15,19H,6-7,9-10,12-13H2,1-2H3,(H,25,29). The molecule has 3 aromatic rings. The molecule has 30 heavy (non-hydrogen) atoms. The summed E-state index contributed by atoms with van der Waals surface area (Å²) in [5, 5.41) is 11.5. The number of rotatable bonds is 7.